The van der Waals surface area contributed by atoms with Crippen LogP contribution in [-0.2, 0) is 27.2 Å². The van der Waals surface area contributed by atoms with Gasteiger partial charge in [-0.15, -0.1) is 0 Å². The first kappa shape index (κ1) is 20.8. The van der Waals surface area contributed by atoms with Gasteiger partial charge in [-0.3, -0.25) is 9.52 Å². The van der Waals surface area contributed by atoms with Gasteiger partial charge in [0.25, 0.3) is 15.9 Å². The van der Waals surface area contributed by atoms with E-state index in [9.17, 15) is 39.6 Å². The van der Waals surface area contributed by atoms with Crippen molar-refractivity contribution in [3.8, 4) is 5.75 Å². The standard InChI is InChI=1S/C16H10F6N2O4S/c17-15(18,19)8-3-9(16(20,21)22)5-10(4-8)24-29(26,27)11-1-2-12-13(6-11)28-7-14(25)23-12/h1-6,24H,7H2,(H,23,25). The van der Waals surface area contributed by atoms with Crippen LogP contribution in [0.3, 0.4) is 0 Å². The summed E-state index contributed by atoms with van der Waals surface area (Å²) in [5.74, 6) is -0.498. The van der Waals surface area contributed by atoms with E-state index < -0.39 is 50.0 Å². The van der Waals surface area contributed by atoms with Crippen molar-refractivity contribution in [2.45, 2.75) is 17.2 Å². The second-order valence-electron chi connectivity index (χ2n) is 5.89. The Kier molecular flexibility index (Phi) is 4.89. The number of rotatable bonds is 3. The fourth-order valence-corrected chi connectivity index (χ4v) is 3.51. The first-order valence-electron chi connectivity index (χ1n) is 7.65. The summed E-state index contributed by atoms with van der Waals surface area (Å²) in [5.41, 5.74) is -4.08. The van der Waals surface area contributed by atoms with Crippen LogP contribution in [0.2, 0.25) is 0 Å². The number of halogens is 6. The lowest BCUT2D eigenvalue weighted by Gasteiger charge is -2.19. The third-order valence-corrected chi connectivity index (χ3v) is 5.12. The summed E-state index contributed by atoms with van der Waals surface area (Å²) in [6.07, 6.45) is -10.3. The monoisotopic (exact) mass is 440 g/mol. The van der Waals surface area contributed by atoms with Crippen LogP contribution in [0.1, 0.15) is 11.1 Å². The third-order valence-electron chi connectivity index (χ3n) is 3.74. The van der Waals surface area contributed by atoms with Crippen LogP contribution < -0.4 is 14.8 Å². The molecular formula is C16H10F6N2O4S. The molecule has 1 aliphatic rings. The average molecular weight is 440 g/mol. The number of hydrogen-bond donors (Lipinski definition) is 2. The molecule has 0 saturated heterocycles. The molecule has 29 heavy (non-hydrogen) atoms. The lowest BCUT2D eigenvalue weighted by Crippen LogP contribution is -2.25. The van der Waals surface area contributed by atoms with Crippen molar-refractivity contribution in [3.63, 3.8) is 0 Å². The van der Waals surface area contributed by atoms with Crippen molar-refractivity contribution < 1.29 is 44.3 Å². The van der Waals surface area contributed by atoms with Crippen LogP contribution in [-0.4, -0.2) is 20.9 Å². The Bertz CT molecular complexity index is 1050. The Morgan fingerprint density at radius 2 is 1.52 bits per heavy atom. The predicted octanol–water partition coefficient (Wildman–Crippen LogP) is 3.86. The number of carbonyl (C=O) groups is 1. The molecule has 1 amide bonds. The first-order valence-corrected chi connectivity index (χ1v) is 9.13. The molecule has 0 saturated carbocycles. The van der Waals surface area contributed by atoms with Gasteiger partial charge in [0.05, 0.1) is 27.4 Å². The highest BCUT2D eigenvalue weighted by Crippen LogP contribution is 2.38. The number of anilines is 2. The van der Waals surface area contributed by atoms with E-state index in [2.05, 4.69) is 5.32 Å². The molecule has 2 N–H and O–H groups in total. The minimum Gasteiger partial charge on any atom is -0.482 e. The van der Waals surface area contributed by atoms with Gasteiger partial charge in [0.2, 0.25) is 0 Å². The number of alkyl halides is 6. The predicted molar refractivity (Wildman–Crippen MR) is 87.8 cm³/mol. The maximum absolute atomic E-state index is 12.9. The highest BCUT2D eigenvalue weighted by Gasteiger charge is 2.37. The molecule has 3 rings (SSSR count). The van der Waals surface area contributed by atoms with E-state index in [1.165, 1.54) is 6.07 Å². The number of nitrogens with one attached hydrogen (secondary N) is 2. The minimum atomic E-state index is -5.13. The van der Waals surface area contributed by atoms with Crippen LogP contribution in [0.25, 0.3) is 0 Å². The lowest BCUT2D eigenvalue weighted by molar-refractivity contribution is -0.143. The summed E-state index contributed by atoms with van der Waals surface area (Å²) in [4.78, 5) is 10.7. The van der Waals surface area contributed by atoms with E-state index >= 15 is 0 Å². The van der Waals surface area contributed by atoms with Crippen LogP contribution in [0.5, 0.6) is 5.75 Å². The molecule has 0 unspecified atom stereocenters. The third kappa shape index (κ3) is 4.55. The molecule has 1 aliphatic heterocycles. The number of benzene rings is 2. The van der Waals surface area contributed by atoms with Gasteiger partial charge in [0.1, 0.15) is 5.75 Å². The van der Waals surface area contributed by atoms with E-state index in [-0.39, 0.29) is 36.2 Å². The quantitative estimate of drug-likeness (QED) is 0.711. The zero-order valence-corrected chi connectivity index (χ0v) is 14.8. The van der Waals surface area contributed by atoms with Gasteiger partial charge < -0.3 is 10.1 Å². The van der Waals surface area contributed by atoms with Gasteiger partial charge in [-0.05, 0) is 30.3 Å². The highest BCUT2D eigenvalue weighted by atomic mass is 32.2. The molecule has 0 fully saturated rings. The number of ether oxygens (including phenoxy) is 1. The summed E-state index contributed by atoms with van der Waals surface area (Å²) in [7, 11) is -4.56. The van der Waals surface area contributed by atoms with E-state index in [1.54, 1.807) is 4.72 Å². The summed E-state index contributed by atoms with van der Waals surface area (Å²) in [6.45, 7) is -0.382. The minimum absolute atomic E-state index is 0.0208. The number of fused-ring (bicyclic) bond motifs is 1. The van der Waals surface area contributed by atoms with Crippen LogP contribution in [0, 0.1) is 0 Å². The van der Waals surface area contributed by atoms with Gasteiger partial charge >= 0.3 is 12.4 Å². The smallest absolute Gasteiger partial charge is 0.416 e. The Labute approximate surface area is 159 Å². The van der Waals surface area contributed by atoms with E-state index in [4.69, 9.17) is 4.74 Å². The SMILES string of the molecule is O=C1COc2cc(S(=O)(=O)Nc3cc(C(F)(F)F)cc(C(F)(F)F)c3)ccc2N1. The van der Waals surface area contributed by atoms with Crippen molar-refractivity contribution in [1.29, 1.82) is 0 Å². The molecule has 0 aliphatic carbocycles. The topological polar surface area (TPSA) is 84.5 Å². The van der Waals surface area contributed by atoms with Crippen LogP contribution in [0.4, 0.5) is 37.7 Å². The molecule has 13 heteroatoms. The zero-order valence-electron chi connectivity index (χ0n) is 14.0. The fourth-order valence-electron chi connectivity index (χ4n) is 2.45. The molecule has 2 aromatic rings. The number of amides is 1. The number of sulfonamides is 1. The molecule has 6 nitrogen and oxygen atoms in total. The van der Waals surface area contributed by atoms with Gasteiger partial charge in [0, 0.05) is 6.07 Å². The molecule has 156 valence electrons. The first-order chi connectivity index (χ1) is 13.3. The maximum atomic E-state index is 12.9. The summed E-state index contributed by atoms with van der Waals surface area (Å²) < 4.78 is 109. The second-order valence-corrected chi connectivity index (χ2v) is 7.58. The van der Waals surface area contributed by atoms with E-state index in [1.807, 2.05) is 0 Å². The molecule has 0 bridgehead atoms. The Balaban J connectivity index is 1.99. The molecule has 0 atom stereocenters. The molecule has 2 aromatic carbocycles. The second kappa shape index (κ2) is 6.83. The molecule has 0 radical (unpaired) electrons. The van der Waals surface area contributed by atoms with Gasteiger partial charge in [-0.1, -0.05) is 0 Å². The summed E-state index contributed by atoms with van der Waals surface area (Å²) >= 11 is 0. The van der Waals surface area contributed by atoms with Crippen molar-refractivity contribution in [3.05, 3.63) is 47.5 Å². The molecule has 0 aromatic heterocycles. The van der Waals surface area contributed by atoms with E-state index in [0.717, 1.165) is 12.1 Å². The molecule has 0 spiro atoms. The lowest BCUT2D eigenvalue weighted by atomic mass is 10.1. The van der Waals surface area contributed by atoms with E-state index in [0.29, 0.717) is 0 Å². The molecular weight excluding hydrogens is 430 g/mol. The van der Waals surface area contributed by atoms with Gasteiger partial charge in [-0.25, -0.2) is 8.42 Å². The largest absolute Gasteiger partial charge is 0.482 e. The normalized spacial score (nSPS) is 14.6. The van der Waals surface area contributed by atoms with Crippen molar-refractivity contribution in [1.82, 2.24) is 0 Å². The zero-order chi connectivity index (χ0) is 21.6. The van der Waals surface area contributed by atoms with Crippen molar-refractivity contribution in [2.75, 3.05) is 16.6 Å². The summed E-state index contributed by atoms with van der Waals surface area (Å²) in [5, 5.41) is 2.41. The van der Waals surface area contributed by atoms with Gasteiger partial charge in [-0.2, -0.15) is 26.3 Å². The fraction of sp³-hybridized carbons (Fsp3) is 0.188. The number of carbonyl (C=O) groups excluding carboxylic acids is 1. The average Bonchev–Trinajstić information content (AvgIpc) is 2.59. The Morgan fingerprint density at radius 3 is 2.07 bits per heavy atom. The van der Waals surface area contributed by atoms with Crippen molar-refractivity contribution in [2.24, 2.45) is 0 Å². The highest BCUT2D eigenvalue weighted by molar-refractivity contribution is 7.92. The van der Waals surface area contributed by atoms with Crippen LogP contribution >= 0.6 is 0 Å². The van der Waals surface area contributed by atoms with Crippen LogP contribution in [0.15, 0.2) is 41.3 Å². The number of hydrogen-bond acceptors (Lipinski definition) is 4. The Hall–Kier alpha value is -2.96. The summed E-state index contributed by atoms with van der Waals surface area (Å²) in [6, 6.07) is 3.55. The molecule has 1 heterocycles. The maximum Gasteiger partial charge on any atom is 0.416 e. The van der Waals surface area contributed by atoms with Gasteiger partial charge in [0.15, 0.2) is 6.61 Å². The van der Waals surface area contributed by atoms with Crippen molar-refractivity contribution >= 4 is 27.3 Å². The Morgan fingerprint density at radius 1 is 0.931 bits per heavy atom.